The number of nitro groups is 1. The summed E-state index contributed by atoms with van der Waals surface area (Å²) in [5.74, 6) is 0.118. The van der Waals surface area contributed by atoms with Crippen molar-refractivity contribution in [3.05, 3.63) is 28.3 Å². The monoisotopic (exact) mass is 293 g/mol. The molecule has 8 nitrogen and oxygen atoms in total. The molecule has 1 aromatic carbocycles. The van der Waals surface area contributed by atoms with E-state index in [1.807, 2.05) is 6.07 Å². The maximum atomic E-state index is 11.7. The third-order valence-corrected chi connectivity index (χ3v) is 2.69. The van der Waals surface area contributed by atoms with Gasteiger partial charge in [0.05, 0.1) is 30.6 Å². The molecule has 0 atom stereocenters. The Morgan fingerprint density at radius 2 is 2.19 bits per heavy atom. The maximum absolute atomic E-state index is 11.7. The van der Waals surface area contributed by atoms with Crippen LogP contribution < -0.4 is 9.47 Å². The molecule has 0 heterocycles. The summed E-state index contributed by atoms with van der Waals surface area (Å²) in [6.45, 7) is 0.0756. The lowest BCUT2D eigenvalue weighted by molar-refractivity contribution is -0.384. The van der Waals surface area contributed by atoms with Gasteiger partial charge in [-0.15, -0.1) is 0 Å². The molecule has 21 heavy (non-hydrogen) atoms. The van der Waals surface area contributed by atoms with Gasteiger partial charge in [-0.25, -0.2) is 0 Å². The van der Waals surface area contributed by atoms with Gasteiger partial charge >= 0.3 is 0 Å². The molecule has 0 aliphatic carbocycles. The molecule has 1 aromatic rings. The molecular weight excluding hydrogens is 278 g/mol. The number of carbonyl (C=O) groups excluding carboxylic acids is 1. The first kappa shape index (κ1) is 16.2. The van der Waals surface area contributed by atoms with E-state index in [0.29, 0.717) is 6.54 Å². The second kappa shape index (κ2) is 7.69. The van der Waals surface area contributed by atoms with Crippen molar-refractivity contribution in [2.75, 3.05) is 27.3 Å². The molecule has 0 aliphatic rings. The van der Waals surface area contributed by atoms with E-state index in [2.05, 4.69) is 0 Å². The standard InChI is InChI=1S/C13H15N3O5/c1-15(7-3-6-14)13(17)9-21-11-5-4-10(16(18)19)8-12(11)20-2/h4-5,8H,3,7,9H2,1-2H3. The fourth-order valence-corrected chi connectivity index (χ4v) is 1.48. The molecule has 1 rings (SSSR count). The number of hydrogen-bond donors (Lipinski definition) is 0. The number of ether oxygens (including phenoxy) is 2. The smallest absolute Gasteiger partial charge is 0.273 e. The van der Waals surface area contributed by atoms with Gasteiger partial charge in [0.2, 0.25) is 0 Å². The maximum Gasteiger partial charge on any atom is 0.273 e. The molecule has 0 unspecified atom stereocenters. The largest absolute Gasteiger partial charge is 0.493 e. The first-order valence-corrected chi connectivity index (χ1v) is 6.05. The molecule has 0 saturated carbocycles. The molecule has 0 aromatic heterocycles. The summed E-state index contributed by atoms with van der Waals surface area (Å²) in [6.07, 6.45) is 0.239. The van der Waals surface area contributed by atoms with Crippen LogP contribution in [0.1, 0.15) is 6.42 Å². The summed E-state index contributed by atoms with van der Waals surface area (Å²) in [7, 11) is 2.92. The van der Waals surface area contributed by atoms with Gasteiger partial charge in [0.25, 0.3) is 11.6 Å². The van der Waals surface area contributed by atoms with Crippen molar-refractivity contribution in [3.8, 4) is 17.6 Å². The van der Waals surface area contributed by atoms with Crippen LogP contribution in [-0.4, -0.2) is 43.0 Å². The Hall–Kier alpha value is -2.82. The van der Waals surface area contributed by atoms with Crippen molar-refractivity contribution in [2.24, 2.45) is 0 Å². The van der Waals surface area contributed by atoms with Crippen LogP contribution in [0.3, 0.4) is 0 Å². The number of nitro benzene ring substituents is 1. The van der Waals surface area contributed by atoms with Gasteiger partial charge in [0, 0.05) is 19.7 Å². The zero-order chi connectivity index (χ0) is 15.8. The highest BCUT2D eigenvalue weighted by Crippen LogP contribution is 2.30. The number of benzene rings is 1. The molecule has 8 heteroatoms. The average molecular weight is 293 g/mol. The minimum absolute atomic E-state index is 0.128. The van der Waals surface area contributed by atoms with E-state index >= 15 is 0 Å². The summed E-state index contributed by atoms with van der Waals surface area (Å²) in [6, 6.07) is 5.81. The quantitative estimate of drug-likeness (QED) is 0.555. The lowest BCUT2D eigenvalue weighted by Crippen LogP contribution is -2.32. The topological polar surface area (TPSA) is 106 Å². The number of non-ortho nitro benzene ring substituents is 1. The highest BCUT2D eigenvalue weighted by atomic mass is 16.6. The lowest BCUT2D eigenvalue weighted by Gasteiger charge is -2.16. The van der Waals surface area contributed by atoms with Gasteiger partial charge in [-0.3, -0.25) is 14.9 Å². The van der Waals surface area contributed by atoms with Crippen molar-refractivity contribution >= 4 is 11.6 Å². The molecular formula is C13H15N3O5. The summed E-state index contributed by atoms with van der Waals surface area (Å²) < 4.78 is 10.3. The molecule has 0 fully saturated rings. The second-order valence-corrected chi connectivity index (χ2v) is 4.10. The minimum Gasteiger partial charge on any atom is -0.493 e. The fraction of sp³-hybridized carbons (Fsp3) is 0.385. The Morgan fingerprint density at radius 3 is 2.76 bits per heavy atom. The molecule has 0 saturated heterocycles. The predicted octanol–water partition coefficient (Wildman–Crippen LogP) is 1.35. The van der Waals surface area contributed by atoms with Crippen LogP contribution >= 0.6 is 0 Å². The number of nitriles is 1. The normalized spacial score (nSPS) is 9.57. The summed E-state index contributed by atoms with van der Waals surface area (Å²) >= 11 is 0. The van der Waals surface area contributed by atoms with Gasteiger partial charge in [-0.05, 0) is 6.07 Å². The van der Waals surface area contributed by atoms with Crippen LogP contribution in [0.4, 0.5) is 5.69 Å². The number of amides is 1. The van der Waals surface area contributed by atoms with Crippen molar-refractivity contribution in [3.63, 3.8) is 0 Å². The third-order valence-electron chi connectivity index (χ3n) is 2.69. The lowest BCUT2D eigenvalue weighted by atomic mass is 10.3. The van der Waals surface area contributed by atoms with Crippen molar-refractivity contribution < 1.29 is 19.2 Å². The van der Waals surface area contributed by atoms with Gasteiger partial charge in [0.15, 0.2) is 18.1 Å². The second-order valence-electron chi connectivity index (χ2n) is 4.10. The van der Waals surface area contributed by atoms with Gasteiger partial charge < -0.3 is 14.4 Å². The van der Waals surface area contributed by atoms with Gasteiger partial charge in [-0.2, -0.15) is 5.26 Å². The van der Waals surface area contributed by atoms with E-state index in [1.165, 1.54) is 30.2 Å². The van der Waals surface area contributed by atoms with E-state index in [4.69, 9.17) is 14.7 Å². The van der Waals surface area contributed by atoms with E-state index < -0.39 is 4.92 Å². The Morgan fingerprint density at radius 1 is 1.48 bits per heavy atom. The summed E-state index contributed by atoms with van der Waals surface area (Å²) in [5, 5.41) is 19.1. The number of rotatable bonds is 7. The zero-order valence-electron chi connectivity index (χ0n) is 11.7. The Labute approximate surface area is 121 Å². The molecule has 0 bridgehead atoms. The number of carbonyl (C=O) groups is 1. The van der Waals surface area contributed by atoms with Crippen molar-refractivity contribution in [2.45, 2.75) is 6.42 Å². The Bertz CT molecular complexity index is 567. The SMILES string of the molecule is COc1cc([N+](=O)[O-])ccc1OCC(=O)N(C)CCC#N. The number of nitrogens with zero attached hydrogens (tertiary/aromatic N) is 3. The highest BCUT2D eigenvalue weighted by Gasteiger charge is 2.14. The van der Waals surface area contributed by atoms with Crippen LogP contribution in [0.2, 0.25) is 0 Å². The molecule has 0 N–H and O–H groups in total. The molecule has 1 amide bonds. The molecule has 0 aliphatic heterocycles. The average Bonchev–Trinajstić information content (AvgIpc) is 2.49. The van der Waals surface area contributed by atoms with Crippen LogP contribution in [0.25, 0.3) is 0 Å². The molecule has 112 valence electrons. The van der Waals surface area contributed by atoms with Crippen molar-refractivity contribution in [1.29, 1.82) is 5.26 Å². The summed E-state index contributed by atoms with van der Waals surface area (Å²) in [5.41, 5.74) is -0.128. The highest BCUT2D eigenvalue weighted by molar-refractivity contribution is 5.77. The third kappa shape index (κ3) is 4.65. The van der Waals surface area contributed by atoms with Crippen molar-refractivity contribution in [1.82, 2.24) is 4.90 Å². The van der Waals surface area contributed by atoms with Gasteiger partial charge in [0.1, 0.15) is 0 Å². The van der Waals surface area contributed by atoms with Crippen LogP contribution in [-0.2, 0) is 4.79 Å². The zero-order valence-corrected chi connectivity index (χ0v) is 11.7. The van der Waals surface area contributed by atoms with Crippen LogP contribution in [0.15, 0.2) is 18.2 Å². The Balaban J connectivity index is 2.69. The predicted molar refractivity (Wildman–Crippen MR) is 73.0 cm³/mol. The van der Waals surface area contributed by atoms with Crippen LogP contribution in [0, 0.1) is 21.4 Å². The van der Waals surface area contributed by atoms with E-state index in [0.717, 1.165) is 0 Å². The molecule has 0 spiro atoms. The molecule has 0 radical (unpaired) electrons. The minimum atomic E-state index is -0.548. The number of likely N-dealkylation sites (N-methyl/N-ethyl adjacent to an activating group) is 1. The van der Waals surface area contributed by atoms with Gasteiger partial charge in [-0.1, -0.05) is 0 Å². The fourth-order valence-electron chi connectivity index (χ4n) is 1.48. The number of methoxy groups -OCH3 is 1. The summed E-state index contributed by atoms with van der Waals surface area (Å²) in [4.78, 5) is 23.2. The van der Waals surface area contributed by atoms with Crippen LogP contribution in [0.5, 0.6) is 11.5 Å². The van der Waals surface area contributed by atoms with E-state index in [1.54, 1.807) is 7.05 Å². The number of hydrogen-bond acceptors (Lipinski definition) is 6. The van der Waals surface area contributed by atoms with E-state index in [-0.39, 0.29) is 36.1 Å². The Kier molecular flexibility index (Phi) is 5.95. The first-order chi connectivity index (χ1) is 9.99. The van der Waals surface area contributed by atoms with E-state index in [9.17, 15) is 14.9 Å². The first-order valence-electron chi connectivity index (χ1n) is 6.05.